The molecular formula is C21H22ClNO3. The van der Waals surface area contributed by atoms with Crippen LogP contribution >= 0.6 is 11.6 Å². The molecule has 136 valence electrons. The number of hydrogen-bond donors (Lipinski definition) is 1. The summed E-state index contributed by atoms with van der Waals surface area (Å²) < 4.78 is 11.2. The normalized spacial score (nSPS) is 14.5. The highest BCUT2D eigenvalue weighted by Gasteiger charge is 2.20. The van der Waals surface area contributed by atoms with Gasteiger partial charge in [0.05, 0.1) is 6.04 Å². The molecule has 0 aromatic heterocycles. The fourth-order valence-corrected chi connectivity index (χ4v) is 2.96. The number of halogens is 1. The molecule has 4 nitrogen and oxygen atoms in total. The Hall–Kier alpha value is -2.46. The van der Waals surface area contributed by atoms with Gasteiger partial charge in [-0.15, -0.1) is 0 Å². The van der Waals surface area contributed by atoms with Crippen molar-refractivity contribution in [2.24, 2.45) is 5.92 Å². The molecule has 0 saturated heterocycles. The predicted octanol–water partition coefficient (Wildman–Crippen LogP) is 4.64. The molecule has 2 aromatic rings. The lowest BCUT2D eigenvalue weighted by atomic mass is 9.95. The third kappa shape index (κ3) is 4.58. The molecule has 3 rings (SSSR count). The van der Waals surface area contributed by atoms with Gasteiger partial charge in [-0.1, -0.05) is 43.6 Å². The summed E-state index contributed by atoms with van der Waals surface area (Å²) >= 11 is 5.87. The highest BCUT2D eigenvalue weighted by molar-refractivity contribution is 6.30. The van der Waals surface area contributed by atoms with Crippen molar-refractivity contribution in [1.82, 2.24) is 5.32 Å². The number of carbonyl (C=O) groups is 1. The van der Waals surface area contributed by atoms with E-state index in [1.807, 2.05) is 30.3 Å². The summed E-state index contributed by atoms with van der Waals surface area (Å²) in [6.07, 6.45) is 3.31. The van der Waals surface area contributed by atoms with Gasteiger partial charge in [-0.3, -0.25) is 4.79 Å². The van der Waals surface area contributed by atoms with Gasteiger partial charge in [0.15, 0.2) is 11.5 Å². The first-order valence-electron chi connectivity index (χ1n) is 8.66. The van der Waals surface area contributed by atoms with Crippen LogP contribution in [0.25, 0.3) is 6.08 Å². The molecule has 5 heteroatoms. The Kier molecular flexibility index (Phi) is 5.84. The molecule has 0 fully saturated rings. The van der Waals surface area contributed by atoms with Gasteiger partial charge >= 0.3 is 0 Å². The van der Waals surface area contributed by atoms with Gasteiger partial charge in [0.2, 0.25) is 5.91 Å². The van der Waals surface area contributed by atoms with Crippen LogP contribution in [0.2, 0.25) is 5.02 Å². The van der Waals surface area contributed by atoms with Crippen LogP contribution in [-0.4, -0.2) is 19.1 Å². The van der Waals surface area contributed by atoms with E-state index in [0.717, 1.165) is 22.6 Å². The van der Waals surface area contributed by atoms with Gasteiger partial charge < -0.3 is 14.8 Å². The first-order valence-corrected chi connectivity index (χ1v) is 9.04. The van der Waals surface area contributed by atoms with E-state index < -0.39 is 0 Å². The van der Waals surface area contributed by atoms with E-state index in [1.165, 1.54) is 6.08 Å². The van der Waals surface area contributed by atoms with E-state index in [2.05, 4.69) is 19.2 Å². The summed E-state index contributed by atoms with van der Waals surface area (Å²) in [6.45, 7) is 5.25. The summed E-state index contributed by atoms with van der Waals surface area (Å²) in [4.78, 5) is 12.4. The molecule has 1 atom stereocenters. The van der Waals surface area contributed by atoms with Gasteiger partial charge in [-0.2, -0.15) is 0 Å². The Labute approximate surface area is 158 Å². The molecule has 1 heterocycles. The average molecular weight is 372 g/mol. The minimum Gasteiger partial charge on any atom is -0.486 e. The number of ether oxygens (including phenoxy) is 2. The molecule has 1 aliphatic heterocycles. The van der Waals surface area contributed by atoms with Crippen LogP contribution in [0.4, 0.5) is 0 Å². The van der Waals surface area contributed by atoms with Crippen molar-refractivity contribution < 1.29 is 14.3 Å². The lowest BCUT2D eigenvalue weighted by molar-refractivity contribution is -0.117. The van der Waals surface area contributed by atoms with Crippen molar-refractivity contribution in [1.29, 1.82) is 0 Å². The number of carbonyl (C=O) groups excluding carboxylic acids is 1. The monoisotopic (exact) mass is 371 g/mol. The summed E-state index contributed by atoms with van der Waals surface area (Å²) in [5, 5.41) is 3.74. The number of amides is 1. The zero-order valence-corrected chi connectivity index (χ0v) is 15.6. The summed E-state index contributed by atoms with van der Waals surface area (Å²) in [7, 11) is 0. The predicted molar refractivity (Wildman–Crippen MR) is 104 cm³/mol. The smallest absolute Gasteiger partial charge is 0.244 e. The molecule has 2 aromatic carbocycles. The van der Waals surface area contributed by atoms with Crippen LogP contribution in [0.1, 0.15) is 31.0 Å². The van der Waals surface area contributed by atoms with E-state index >= 15 is 0 Å². The van der Waals surface area contributed by atoms with E-state index in [4.69, 9.17) is 21.1 Å². The van der Waals surface area contributed by atoms with Gasteiger partial charge in [0, 0.05) is 11.1 Å². The molecule has 0 radical (unpaired) electrons. The third-order valence-corrected chi connectivity index (χ3v) is 4.44. The van der Waals surface area contributed by atoms with Crippen molar-refractivity contribution in [2.75, 3.05) is 13.2 Å². The Balaban J connectivity index is 1.72. The second kappa shape index (κ2) is 8.28. The third-order valence-electron chi connectivity index (χ3n) is 4.19. The first-order chi connectivity index (χ1) is 12.5. The van der Waals surface area contributed by atoms with Crippen molar-refractivity contribution in [2.45, 2.75) is 19.9 Å². The molecule has 0 aliphatic carbocycles. The number of nitrogens with one attached hydrogen (secondary N) is 1. The van der Waals surface area contributed by atoms with Gasteiger partial charge in [-0.25, -0.2) is 0 Å². The second-order valence-corrected chi connectivity index (χ2v) is 6.95. The highest BCUT2D eigenvalue weighted by atomic mass is 35.5. The standard InChI is InChI=1S/C21H22ClNO3/c1-14(2)21(16-6-9-18-19(13-16)26-12-11-25-18)23-20(24)10-5-15-3-7-17(22)8-4-15/h3-10,13-14,21H,11-12H2,1-2H3,(H,23,24)/b10-5+/t21-/m1/s1. The fourth-order valence-electron chi connectivity index (χ4n) is 2.84. The van der Waals surface area contributed by atoms with Crippen molar-refractivity contribution in [3.05, 3.63) is 64.7 Å². The lowest BCUT2D eigenvalue weighted by Gasteiger charge is -2.25. The quantitative estimate of drug-likeness (QED) is 0.779. The average Bonchev–Trinajstić information content (AvgIpc) is 2.65. The van der Waals surface area contributed by atoms with Crippen molar-refractivity contribution >= 4 is 23.6 Å². The van der Waals surface area contributed by atoms with E-state index in [0.29, 0.717) is 18.2 Å². The maximum Gasteiger partial charge on any atom is 0.244 e. The highest BCUT2D eigenvalue weighted by Crippen LogP contribution is 2.34. The van der Waals surface area contributed by atoms with Crippen LogP contribution in [0, 0.1) is 5.92 Å². The van der Waals surface area contributed by atoms with Crippen molar-refractivity contribution in [3.8, 4) is 11.5 Å². The minimum absolute atomic E-state index is 0.117. The van der Waals surface area contributed by atoms with Crippen LogP contribution in [-0.2, 0) is 4.79 Å². The Bertz CT molecular complexity index is 799. The van der Waals surface area contributed by atoms with Gasteiger partial charge in [0.25, 0.3) is 0 Å². The molecular weight excluding hydrogens is 350 g/mol. The SMILES string of the molecule is CC(C)[C@@H](NC(=O)/C=C/c1ccc(Cl)cc1)c1ccc2c(c1)OCCO2. The molecule has 1 N–H and O–H groups in total. The van der Waals surface area contributed by atoms with Crippen LogP contribution in [0.3, 0.4) is 0 Å². The zero-order valence-electron chi connectivity index (χ0n) is 14.9. The molecule has 1 amide bonds. The molecule has 0 saturated carbocycles. The molecule has 0 unspecified atom stereocenters. The summed E-state index contributed by atoms with van der Waals surface area (Å²) in [5.74, 6) is 1.56. The maximum atomic E-state index is 12.4. The molecule has 0 bridgehead atoms. The number of hydrogen-bond acceptors (Lipinski definition) is 3. The van der Waals surface area contributed by atoms with Crippen LogP contribution in [0.15, 0.2) is 48.5 Å². The van der Waals surface area contributed by atoms with Gasteiger partial charge in [0.1, 0.15) is 13.2 Å². The summed E-state index contributed by atoms with van der Waals surface area (Å²) in [6, 6.07) is 13.0. The topological polar surface area (TPSA) is 47.6 Å². The zero-order chi connectivity index (χ0) is 18.5. The molecule has 1 aliphatic rings. The van der Waals surface area contributed by atoms with Crippen LogP contribution in [0.5, 0.6) is 11.5 Å². The van der Waals surface area contributed by atoms with Crippen molar-refractivity contribution in [3.63, 3.8) is 0 Å². The lowest BCUT2D eigenvalue weighted by Crippen LogP contribution is -2.30. The fraction of sp³-hybridized carbons (Fsp3) is 0.286. The summed E-state index contributed by atoms with van der Waals surface area (Å²) in [5.41, 5.74) is 1.92. The Morgan fingerprint density at radius 3 is 2.46 bits per heavy atom. The molecule has 0 spiro atoms. The minimum atomic E-state index is -0.145. The second-order valence-electron chi connectivity index (χ2n) is 6.52. The number of benzene rings is 2. The largest absolute Gasteiger partial charge is 0.486 e. The van der Waals surface area contributed by atoms with Gasteiger partial charge in [-0.05, 0) is 47.4 Å². The van der Waals surface area contributed by atoms with E-state index in [1.54, 1.807) is 18.2 Å². The maximum absolute atomic E-state index is 12.4. The molecule has 26 heavy (non-hydrogen) atoms. The Morgan fingerprint density at radius 1 is 1.08 bits per heavy atom. The number of rotatable bonds is 5. The van der Waals surface area contributed by atoms with E-state index in [-0.39, 0.29) is 17.9 Å². The first kappa shape index (κ1) is 18.3. The van der Waals surface area contributed by atoms with Crippen LogP contribution < -0.4 is 14.8 Å². The Morgan fingerprint density at radius 2 is 1.77 bits per heavy atom. The van der Waals surface area contributed by atoms with E-state index in [9.17, 15) is 4.79 Å². The number of fused-ring (bicyclic) bond motifs is 1.